The molecule has 0 radical (unpaired) electrons. The minimum absolute atomic E-state index is 0.00974. The summed E-state index contributed by atoms with van der Waals surface area (Å²) in [6, 6.07) is 3.44. The molecule has 7 nitrogen and oxygen atoms in total. The molecule has 3 N–H and O–H groups in total. The monoisotopic (exact) mass is 360 g/mol. The summed E-state index contributed by atoms with van der Waals surface area (Å²) in [6.07, 6.45) is 3.91. The molecule has 7 heteroatoms. The smallest absolute Gasteiger partial charge is 0.279 e. The topological polar surface area (TPSA) is 89.2 Å². The molecule has 1 heterocycles. The summed E-state index contributed by atoms with van der Waals surface area (Å²) >= 11 is 0. The number of nitrogens with one attached hydrogen (secondary N) is 1. The van der Waals surface area contributed by atoms with Crippen molar-refractivity contribution in [3.63, 3.8) is 0 Å². The molecule has 0 aliphatic carbocycles. The van der Waals surface area contributed by atoms with Crippen LogP contribution in [0.2, 0.25) is 0 Å². The second-order valence-electron chi connectivity index (χ2n) is 6.79. The molecule has 0 saturated carbocycles. The van der Waals surface area contributed by atoms with Crippen molar-refractivity contribution in [3.05, 3.63) is 35.5 Å². The van der Waals surface area contributed by atoms with E-state index in [4.69, 9.17) is 15.2 Å². The van der Waals surface area contributed by atoms with E-state index < -0.39 is 5.91 Å². The predicted octanol–water partition coefficient (Wildman–Crippen LogP) is 1.57. The van der Waals surface area contributed by atoms with Gasteiger partial charge >= 0.3 is 0 Å². The summed E-state index contributed by atoms with van der Waals surface area (Å²) in [5.74, 6) is 1.04. The van der Waals surface area contributed by atoms with Crippen molar-refractivity contribution in [1.82, 2.24) is 10.2 Å². The Morgan fingerprint density at radius 3 is 2.85 bits per heavy atom. The van der Waals surface area contributed by atoms with E-state index in [1.165, 1.54) is 6.08 Å². The number of fused-ring (bicyclic) bond motifs is 1. The highest BCUT2D eigenvalue weighted by molar-refractivity contribution is 6.06. The van der Waals surface area contributed by atoms with Crippen molar-refractivity contribution in [2.24, 2.45) is 10.7 Å². The van der Waals surface area contributed by atoms with Gasteiger partial charge in [-0.15, -0.1) is 0 Å². The molecule has 1 unspecified atom stereocenters. The predicted molar refractivity (Wildman–Crippen MR) is 103 cm³/mol. The van der Waals surface area contributed by atoms with Crippen LogP contribution in [0.5, 0.6) is 11.5 Å². The van der Waals surface area contributed by atoms with Crippen LogP contribution in [0.3, 0.4) is 0 Å². The molecule has 1 amide bonds. The second-order valence-corrected chi connectivity index (χ2v) is 6.79. The van der Waals surface area contributed by atoms with Crippen molar-refractivity contribution < 1.29 is 14.3 Å². The average Bonchev–Trinajstić information content (AvgIpc) is 2.94. The van der Waals surface area contributed by atoms with E-state index in [1.54, 1.807) is 25.4 Å². The standard InChI is InChI=1S/C19H28N4O3/c1-12(2)25-16-8-13(19(24)22-18(20)6-7-21-3)9-17-15(16)10-14(26-17)11-23(4)5/h6-9,12,14,21H,10-11H2,1-5H3,(H2,20,22,24)/b7-6-. The van der Waals surface area contributed by atoms with Crippen LogP contribution in [0.1, 0.15) is 29.8 Å². The fraction of sp³-hybridized carbons (Fsp3) is 0.474. The molecule has 1 aromatic carbocycles. The zero-order valence-corrected chi connectivity index (χ0v) is 16.1. The molecule has 0 spiro atoms. The second kappa shape index (κ2) is 8.71. The van der Waals surface area contributed by atoms with Crippen LogP contribution in [0, 0.1) is 0 Å². The van der Waals surface area contributed by atoms with Crippen LogP contribution in [0.4, 0.5) is 0 Å². The number of likely N-dealkylation sites (N-methyl/N-ethyl adjacent to an activating group) is 1. The third-order valence-corrected chi connectivity index (χ3v) is 3.72. The van der Waals surface area contributed by atoms with Gasteiger partial charge in [0.15, 0.2) is 0 Å². The van der Waals surface area contributed by atoms with Crippen molar-refractivity contribution in [2.75, 3.05) is 27.7 Å². The highest BCUT2D eigenvalue weighted by Gasteiger charge is 2.28. The number of nitrogens with two attached hydrogens (primary N) is 1. The summed E-state index contributed by atoms with van der Waals surface area (Å²) in [5.41, 5.74) is 7.13. The van der Waals surface area contributed by atoms with Gasteiger partial charge in [0.25, 0.3) is 5.91 Å². The van der Waals surface area contributed by atoms with Gasteiger partial charge in [0.1, 0.15) is 23.4 Å². The Morgan fingerprint density at radius 1 is 1.50 bits per heavy atom. The van der Waals surface area contributed by atoms with E-state index in [9.17, 15) is 4.79 Å². The zero-order chi connectivity index (χ0) is 19.3. The Hall–Kier alpha value is -2.54. The summed E-state index contributed by atoms with van der Waals surface area (Å²) < 4.78 is 11.9. The Balaban J connectivity index is 2.32. The van der Waals surface area contributed by atoms with Gasteiger partial charge in [-0.2, -0.15) is 4.99 Å². The summed E-state index contributed by atoms with van der Waals surface area (Å²) in [7, 11) is 5.75. The summed E-state index contributed by atoms with van der Waals surface area (Å²) in [4.78, 5) is 18.5. The lowest BCUT2D eigenvalue weighted by atomic mass is 10.0. The van der Waals surface area contributed by atoms with Crippen LogP contribution in [0.15, 0.2) is 29.4 Å². The van der Waals surface area contributed by atoms with Gasteiger partial charge in [-0.05, 0) is 52.4 Å². The number of hydrogen-bond donors (Lipinski definition) is 2. The highest BCUT2D eigenvalue weighted by Crippen LogP contribution is 2.38. The lowest BCUT2D eigenvalue weighted by Gasteiger charge is -2.15. The van der Waals surface area contributed by atoms with E-state index in [0.717, 1.165) is 18.5 Å². The Bertz CT molecular complexity index is 711. The lowest BCUT2D eigenvalue weighted by molar-refractivity contribution is 0.100. The first-order chi connectivity index (χ1) is 12.3. The highest BCUT2D eigenvalue weighted by atomic mass is 16.5. The number of ether oxygens (including phenoxy) is 2. The number of carbonyl (C=O) groups is 1. The number of nitrogens with zero attached hydrogens (tertiary/aromatic N) is 2. The van der Waals surface area contributed by atoms with Gasteiger partial charge in [0.2, 0.25) is 0 Å². The fourth-order valence-corrected chi connectivity index (χ4v) is 2.75. The van der Waals surface area contributed by atoms with E-state index >= 15 is 0 Å². The summed E-state index contributed by atoms with van der Waals surface area (Å²) in [5, 5.41) is 2.80. The molecular weight excluding hydrogens is 332 g/mol. The quantitative estimate of drug-likeness (QED) is 0.567. The first kappa shape index (κ1) is 19.8. The Morgan fingerprint density at radius 2 is 2.23 bits per heavy atom. The van der Waals surface area contributed by atoms with Crippen molar-refractivity contribution >= 4 is 11.7 Å². The van der Waals surface area contributed by atoms with Crippen LogP contribution >= 0.6 is 0 Å². The maximum Gasteiger partial charge on any atom is 0.279 e. The first-order valence-electron chi connectivity index (χ1n) is 8.67. The molecule has 1 atom stereocenters. The average molecular weight is 360 g/mol. The van der Waals surface area contributed by atoms with E-state index in [1.807, 2.05) is 27.9 Å². The third-order valence-electron chi connectivity index (χ3n) is 3.72. The minimum Gasteiger partial charge on any atom is -0.491 e. The van der Waals surface area contributed by atoms with Crippen LogP contribution in [-0.2, 0) is 6.42 Å². The van der Waals surface area contributed by atoms with Crippen molar-refractivity contribution in [2.45, 2.75) is 32.5 Å². The van der Waals surface area contributed by atoms with Crippen LogP contribution in [-0.4, -0.2) is 56.5 Å². The van der Waals surface area contributed by atoms with Gasteiger partial charge < -0.3 is 25.4 Å². The third kappa shape index (κ3) is 5.23. The number of hydrogen-bond acceptors (Lipinski definition) is 5. The molecule has 0 aromatic heterocycles. The fourth-order valence-electron chi connectivity index (χ4n) is 2.75. The first-order valence-corrected chi connectivity index (χ1v) is 8.67. The van der Waals surface area contributed by atoms with Crippen molar-refractivity contribution in [3.8, 4) is 11.5 Å². The maximum atomic E-state index is 12.5. The number of benzene rings is 1. The van der Waals surface area contributed by atoms with E-state index in [0.29, 0.717) is 17.1 Å². The van der Waals surface area contributed by atoms with Crippen LogP contribution < -0.4 is 20.5 Å². The van der Waals surface area contributed by atoms with Gasteiger partial charge in [0.05, 0.1) is 6.10 Å². The van der Waals surface area contributed by atoms with Gasteiger partial charge in [-0.1, -0.05) is 0 Å². The van der Waals surface area contributed by atoms with Crippen LogP contribution in [0.25, 0.3) is 0 Å². The molecule has 142 valence electrons. The molecule has 2 rings (SSSR count). The normalized spacial score (nSPS) is 16.9. The largest absolute Gasteiger partial charge is 0.491 e. The maximum absolute atomic E-state index is 12.5. The number of amidine groups is 1. The van der Waals surface area contributed by atoms with Crippen molar-refractivity contribution in [1.29, 1.82) is 0 Å². The molecule has 1 aromatic rings. The van der Waals surface area contributed by atoms with E-state index in [2.05, 4.69) is 15.2 Å². The molecule has 1 aliphatic heterocycles. The minimum atomic E-state index is -0.431. The zero-order valence-electron chi connectivity index (χ0n) is 16.1. The Kier molecular flexibility index (Phi) is 6.63. The van der Waals surface area contributed by atoms with E-state index in [-0.39, 0.29) is 18.0 Å². The SMILES string of the molecule is CN/C=C\C(N)=NC(=O)c1cc(OC(C)C)c2c(c1)OC(CN(C)C)C2. The molecular formula is C19H28N4O3. The molecule has 0 bridgehead atoms. The number of amides is 1. The van der Waals surface area contributed by atoms with Gasteiger partial charge in [0, 0.05) is 31.1 Å². The van der Waals surface area contributed by atoms with Gasteiger partial charge in [-0.25, -0.2) is 0 Å². The summed E-state index contributed by atoms with van der Waals surface area (Å²) in [6.45, 7) is 4.69. The molecule has 0 fully saturated rings. The molecule has 26 heavy (non-hydrogen) atoms. The molecule has 1 aliphatic rings. The number of rotatable bonds is 7. The van der Waals surface area contributed by atoms with Gasteiger partial charge in [-0.3, -0.25) is 4.79 Å². The lowest BCUT2D eigenvalue weighted by Crippen LogP contribution is -2.29. The number of carbonyl (C=O) groups excluding carboxylic acids is 1. The Labute approximate surface area is 154 Å². The molecule has 0 saturated heterocycles. The number of aliphatic imine (C=N–C) groups is 1.